The summed E-state index contributed by atoms with van der Waals surface area (Å²) in [6, 6.07) is -4.76. The van der Waals surface area contributed by atoms with Crippen LogP contribution < -0.4 is 27.4 Å². The Morgan fingerprint density at radius 2 is 1.48 bits per heavy atom. The third kappa shape index (κ3) is 12.4. The van der Waals surface area contributed by atoms with Crippen LogP contribution in [-0.4, -0.2) is 82.1 Å². The normalized spacial score (nSPS) is 15.6. The van der Waals surface area contributed by atoms with E-state index in [0.29, 0.717) is 12.2 Å². The number of carboxylic acids is 1. The number of nitrogens with two attached hydrogens (primary N) is 2. The molecular formula is C20H37N5O7S. The first-order valence-corrected chi connectivity index (χ1v) is 12.0. The largest absolute Gasteiger partial charge is 0.480 e. The van der Waals surface area contributed by atoms with Gasteiger partial charge in [0, 0.05) is 6.42 Å². The van der Waals surface area contributed by atoms with Gasteiger partial charge in [-0.25, -0.2) is 4.79 Å². The van der Waals surface area contributed by atoms with Gasteiger partial charge in [-0.15, -0.1) is 0 Å². The molecule has 0 aromatic rings. The van der Waals surface area contributed by atoms with E-state index in [1.165, 1.54) is 18.7 Å². The average Bonchev–Trinajstić information content (AvgIpc) is 2.70. The van der Waals surface area contributed by atoms with Gasteiger partial charge in [0.2, 0.25) is 23.6 Å². The summed E-state index contributed by atoms with van der Waals surface area (Å²) in [6.45, 7) is 5.07. The number of hydrogen-bond acceptors (Lipinski definition) is 8. The lowest BCUT2D eigenvalue weighted by molar-refractivity contribution is -0.142. The average molecular weight is 492 g/mol. The van der Waals surface area contributed by atoms with Crippen LogP contribution in [0.1, 0.15) is 46.5 Å². The van der Waals surface area contributed by atoms with Gasteiger partial charge in [-0.1, -0.05) is 13.8 Å². The second kappa shape index (κ2) is 15.5. The van der Waals surface area contributed by atoms with Crippen molar-refractivity contribution in [3.8, 4) is 0 Å². The minimum atomic E-state index is -1.38. The summed E-state index contributed by atoms with van der Waals surface area (Å²) < 4.78 is 0. The van der Waals surface area contributed by atoms with Crippen LogP contribution in [0.25, 0.3) is 0 Å². The van der Waals surface area contributed by atoms with Crippen molar-refractivity contribution in [2.45, 2.75) is 76.7 Å². The Labute approximate surface area is 198 Å². The summed E-state index contributed by atoms with van der Waals surface area (Å²) in [6.07, 6.45) is 0.589. The lowest BCUT2D eigenvalue weighted by Crippen LogP contribution is -2.60. The van der Waals surface area contributed by atoms with Crippen molar-refractivity contribution in [3.05, 3.63) is 0 Å². The fraction of sp³-hybridized carbons (Fsp3) is 0.750. The van der Waals surface area contributed by atoms with E-state index >= 15 is 0 Å². The van der Waals surface area contributed by atoms with Gasteiger partial charge < -0.3 is 37.6 Å². The molecule has 0 radical (unpaired) electrons. The molecular weight excluding hydrogens is 454 g/mol. The number of aliphatic hydroxyl groups is 1. The van der Waals surface area contributed by atoms with Gasteiger partial charge in [0.15, 0.2) is 0 Å². The van der Waals surface area contributed by atoms with Gasteiger partial charge in [-0.3, -0.25) is 19.2 Å². The van der Waals surface area contributed by atoms with Crippen LogP contribution in [0, 0.1) is 5.92 Å². The molecule has 4 amide bonds. The summed E-state index contributed by atoms with van der Waals surface area (Å²) in [5.41, 5.74) is 10.9. The molecule has 0 aliphatic rings. The molecule has 13 heteroatoms. The highest BCUT2D eigenvalue weighted by molar-refractivity contribution is 7.98. The van der Waals surface area contributed by atoms with E-state index in [1.807, 2.05) is 13.8 Å². The summed E-state index contributed by atoms with van der Waals surface area (Å²) in [5, 5.41) is 26.5. The molecule has 5 atom stereocenters. The molecule has 0 fully saturated rings. The van der Waals surface area contributed by atoms with Crippen LogP contribution in [0.3, 0.4) is 0 Å². The van der Waals surface area contributed by atoms with E-state index in [4.69, 9.17) is 11.5 Å². The number of carbonyl (C=O) groups excluding carboxylic acids is 4. The number of thioether (sulfide) groups is 1. The number of nitrogens with one attached hydrogen (secondary N) is 3. The van der Waals surface area contributed by atoms with Crippen molar-refractivity contribution < 1.29 is 34.2 Å². The first kappa shape index (κ1) is 30.6. The zero-order valence-electron chi connectivity index (χ0n) is 19.5. The van der Waals surface area contributed by atoms with Gasteiger partial charge in [-0.05, 0) is 44.1 Å². The summed E-state index contributed by atoms with van der Waals surface area (Å²) >= 11 is 1.40. The molecule has 0 aliphatic heterocycles. The quantitative estimate of drug-likeness (QED) is 0.131. The van der Waals surface area contributed by atoms with Crippen molar-refractivity contribution in [2.75, 3.05) is 12.0 Å². The fourth-order valence-electron chi connectivity index (χ4n) is 2.86. The van der Waals surface area contributed by atoms with Crippen LogP contribution in [0.5, 0.6) is 0 Å². The first-order valence-electron chi connectivity index (χ1n) is 10.6. The van der Waals surface area contributed by atoms with Crippen molar-refractivity contribution >= 4 is 41.4 Å². The molecule has 0 saturated carbocycles. The summed E-state index contributed by atoms with van der Waals surface area (Å²) in [5.74, 6) is -3.68. The maximum atomic E-state index is 12.8. The number of aliphatic hydroxyl groups excluding tert-OH is 1. The Morgan fingerprint density at radius 3 is 1.94 bits per heavy atom. The van der Waals surface area contributed by atoms with Crippen LogP contribution in [-0.2, 0) is 24.0 Å². The van der Waals surface area contributed by atoms with E-state index in [1.54, 1.807) is 6.26 Å². The van der Waals surface area contributed by atoms with Gasteiger partial charge >= 0.3 is 5.97 Å². The zero-order valence-corrected chi connectivity index (χ0v) is 20.3. The molecule has 9 N–H and O–H groups in total. The molecule has 0 saturated heterocycles. The van der Waals surface area contributed by atoms with Gasteiger partial charge in [0.25, 0.3) is 0 Å². The Kier molecular flexibility index (Phi) is 14.3. The van der Waals surface area contributed by atoms with E-state index < -0.39 is 59.9 Å². The number of amides is 4. The first-order chi connectivity index (χ1) is 15.3. The summed E-state index contributed by atoms with van der Waals surface area (Å²) in [7, 11) is 0. The molecule has 5 unspecified atom stereocenters. The smallest absolute Gasteiger partial charge is 0.326 e. The minimum Gasteiger partial charge on any atom is -0.480 e. The maximum absolute atomic E-state index is 12.8. The number of carbonyl (C=O) groups is 5. The van der Waals surface area contributed by atoms with Crippen LogP contribution in [0.2, 0.25) is 0 Å². The number of carboxylic acid groups (broad SMARTS) is 1. The monoisotopic (exact) mass is 491 g/mol. The maximum Gasteiger partial charge on any atom is 0.326 e. The zero-order chi connectivity index (χ0) is 25.7. The fourth-order valence-corrected chi connectivity index (χ4v) is 3.33. The Bertz CT molecular complexity index is 690. The molecule has 0 aliphatic carbocycles. The SMILES string of the molecule is CSCCC(NC(=O)C(NC(=O)C(N)CC(C)C)C(C)O)C(=O)NC(CCC(N)=O)C(=O)O. The van der Waals surface area contributed by atoms with E-state index in [9.17, 15) is 34.2 Å². The second-order valence-corrected chi connectivity index (χ2v) is 9.20. The van der Waals surface area contributed by atoms with E-state index in [0.717, 1.165) is 0 Å². The third-order valence-corrected chi connectivity index (χ3v) is 5.31. The second-order valence-electron chi connectivity index (χ2n) is 8.21. The molecule has 0 aromatic heterocycles. The predicted octanol–water partition coefficient (Wildman–Crippen LogP) is -1.70. The third-order valence-electron chi connectivity index (χ3n) is 4.66. The molecule has 0 heterocycles. The number of rotatable bonds is 16. The van der Waals surface area contributed by atoms with Gasteiger partial charge in [0.1, 0.15) is 18.1 Å². The van der Waals surface area contributed by atoms with Crippen molar-refractivity contribution in [1.29, 1.82) is 0 Å². The van der Waals surface area contributed by atoms with Crippen LogP contribution >= 0.6 is 11.8 Å². The lowest BCUT2D eigenvalue weighted by atomic mass is 10.0. The van der Waals surface area contributed by atoms with Crippen molar-refractivity contribution in [1.82, 2.24) is 16.0 Å². The molecule has 0 bridgehead atoms. The van der Waals surface area contributed by atoms with Crippen molar-refractivity contribution in [3.63, 3.8) is 0 Å². The number of hydrogen-bond donors (Lipinski definition) is 7. The topological polar surface area (TPSA) is 214 Å². The standard InChI is InChI=1S/C20H37N5O7S/c1-10(2)9-12(21)17(28)25-16(11(3)26)19(30)23-13(7-8-33-4)18(29)24-14(20(31)32)5-6-15(22)27/h10-14,16,26H,5-9,21H2,1-4H3,(H2,22,27)(H,23,30)(H,24,29)(H,25,28)(H,31,32). The van der Waals surface area contributed by atoms with Crippen molar-refractivity contribution in [2.24, 2.45) is 17.4 Å². The molecule has 0 rings (SSSR count). The Morgan fingerprint density at radius 1 is 0.909 bits per heavy atom. The molecule has 0 spiro atoms. The number of primary amides is 1. The predicted molar refractivity (Wildman–Crippen MR) is 124 cm³/mol. The minimum absolute atomic E-state index is 0.140. The highest BCUT2D eigenvalue weighted by atomic mass is 32.2. The highest BCUT2D eigenvalue weighted by Crippen LogP contribution is 2.07. The Hall–Kier alpha value is -2.38. The highest BCUT2D eigenvalue weighted by Gasteiger charge is 2.32. The number of aliphatic carboxylic acids is 1. The van der Waals surface area contributed by atoms with Crippen LogP contribution in [0.15, 0.2) is 0 Å². The molecule has 0 aromatic carbocycles. The lowest BCUT2D eigenvalue weighted by Gasteiger charge is -2.26. The summed E-state index contributed by atoms with van der Waals surface area (Å²) in [4.78, 5) is 60.2. The van der Waals surface area contributed by atoms with Gasteiger partial charge in [0.05, 0.1) is 12.1 Å². The van der Waals surface area contributed by atoms with E-state index in [-0.39, 0.29) is 25.2 Å². The Balaban J connectivity index is 5.38. The molecule has 190 valence electrons. The molecule has 33 heavy (non-hydrogen) atoms. The van der Waals surface area contributed by atoms with Crippen LogP contribution in [0.4, 0.5) is 0 Å². The van der Waals surface area contributed by atoms with E-state index in [2.05, 4.69) is 16.0 Å². The van der Waals surface area contributed by atoms with Gasteiger partial charge in [-0.2, -0.15) is 11.8 Å². The molecule has 12 nitrogen and oxygen atoms in total.